The van der Waals surface area contributed by atoms with Gasteiger partial charge in [-0.1, -0.05) is 13.3 Å². The fraction of sp³-hybridized carbons (Fsp3) is 0.615. The van der Waals surface area contributed by atoms with Crippen LogP contribution in [0.2, 0.25) is 0 Å². The number of sulfone groups is 1. The number of nitrogen functional groups attached to an aromatic ring is 1. The van der Waals surface area contributed by atoms with Gasteiger partial charge in [-0.05, 0) is 13.3 Å². The number of rotatable bonds is 7. The van der Waals surface area contributed by atoms with Gasteiger partial charge in [0.15, 0.2) is 9.84 Å². The molecule has 0 spiro atoms. The molecule has 6 nitrogen and oxygen atoms in total. The molecule has 0 aliphatic heterocycles. The third-order valence-electron chi connectivity index (χ3n) is 2.91. The molecule has 0 bridgehead atoms. The van der Waals surface area contributed by atoms with Crippen LogP contribution in [0.5, 0.6) is 0 Å². The highest BCUT2D eigenvalue weighted by atomic mass is 32.2. The lowest BCUT2D eigenvalue weighted by molar-refractivity contribution is 0.0533. The maximum atomic E-state index is 12.0. The minimum atomic E-state index is -3.53. The molecule has 1 heterocycles. The molecule has 120 valence electrons. The van der Waals surface area contributed by atoms with Gasteiger partial charge in [0.2, 0.25) is 0 Å². The molecule has 0 saturated carbocycles. The SMILES string of the molecule is CCCCN(C)c1sc(C(=O)OCC)c(N)c1S(C)(=O)=O. The summed E-state index contributed by atoms with van der Waals surface area (Å²) < 4.78 is 28.9. The first kappa shape index (κ1) is 17.8. The molecule has 8 heteroatoms. The van der Waals surface area contributed by atoms with Crippen LogP contribution in [-0.4, -0.2) is 40.8 Å². The van der Waals surface area contributed by atoms with Gasteiger partial charge in [0.1, 0.15) is 14.8 Å². The zero-order chi connectivity index (χ0) is 16.2. The number of carbonyl (C=O) groups excluding carboxylic acids is 1. The summed E-state index contributed by atoms with van der Waals surface area (Å²) >= 11 is 1.07. The van der Waals surface area contributed by atoms with Crippen molar-refractivity contribution in [2.45, 2.75) is 31.6 Å². The van der Waals surface area contributed by atoms with E-state index in [9.17, 15) is 13.2 Å². The third-order valence-corrected chi connectivity index (χ3v) is 5.49. The van der Waals surface area contributed by atoms with Gasteiger partial charge in [0.05, 0.1) is 12.3 Å². The number of ether oxygens (including phenoxy) is 1. The van der Waals surface area contributed by atoms with Crippen molar-refractivity contribution in [2.75, 3.05) is 37.1 Å². The van der Waals surface area contributed by atoms with Crippen LogP contribution in [-0.2, 0) is 14.6 Å². The lowest BCUT2D eigenvalue weighted by Gasteiger charge is -2.18. The van der Waals surface area contributed by atoms with Crippen LogP contribution in [0, 0.1) is 0 Å². The molecular formula is C13H22N2O4S2. The Morgan fingerprint density at radius 2 is 2.00 bits per heavy atom. The molecule has 1 aromatic heterocycles. The number of thiophene rings is 1. The van der Waals surface area contributed by atoms with Crippen molar-refractivity contribution >= 4 is 37.8 Å². The van der Waals surface area contributed by atoms with Crippen LogP contribution in [0.4, 0.5) is 10.7 Å². The zero-order valence-electron chi connectivity index (χ0n) is 12.8. The topological polar surface area (TPSA) is 89.7 Å². The molecule has 21 heavy (non-hydrogen) atoms. The first-order valence-electron chi connectivity index (χ1n) is 6.74. The number of hydrogen-bond donors (Lipinski definition) is 1. The quantitative estimate of drug-likeness (QED) is 0.768. The summed E-state index contributed by atoms with van der Waals surface area (Å²) in [6.07, 6.45) is 3.01. The number of nitrogens with two attached hydrogens (primary N) is 1. The molecular weight excluding hydrogens is 312 g/mol. The molecule has 0 aromatic carbocycles. The van der Waals surface area contributed by atoms with E-state index in [4.69, 9.17) is 10.5 Å². The second kappa shape index (κ2) is 7.13. The van der Waals surface area contributed by atoms with Crippen LogP contribution >= 0.6 is 11.3 Å². The summed E-state index contributed by atoms with van der Waals surface area (Å²) in [5.74, 6) is -0.583. The highest BCUT2D eigenvalue weighted by molar-refractivity contribution is 7.91. The largest absolute Gasteiger partial charge is 0.462 e. The van der Waals surface area contributed by atoms with Crippen molar-refractivity contribution < 1.29 is 17.9 Å². The van der Waals surface area contributed by atoms with Gasteiger partial charge < -0.3 is 15.4 Å². The molecule has 0 atom stereocenters. The first-order valence-corrected chi connectivity index (χ1v) is 9.45. The van der Waals surface area contributed by atoms with Gasteiger partial charge in [0.25, 0.3) is 0 Å². The maximum absolute atomic E-state index is 12.0. The minimum Gasteiger partial charge on any atom is -0.462 e. The second-order valence-electron chi connectivity index (χ2n) is 4.75. The average Bonchev–Trinajstić information content (AvgIpc) is 2.73. The van der Waals surface area contributed by atoms with E-state index in [0.717, 1.165) is 30.4 Å². The normalized spacial score (nSPS) is 11.4. The monoisotopic (exact) mass is 334 g/mol. The third kappa shape index (κ3) is 4.10. The van der Waals surface area contributed by atoms with Crippen LogP contribution < -0.4 is 10.6 Å². The van der Waals surface area contributed by atoms with Gasteiger partial charge in [-0.3, -0.25) is 0 Å². The van der Waals surface area contributed by atoms with Gasteiger partial charge in [-0.25, -0.2) is 13.2 Å². The second-order valence-corrected chi connectivity index (χ2v) is 7.70. The van der Waals surface area contributed by atoms with Gasteiger partial charge in [-0.2, -0.15) is 0 Å². The predicted molar refractivity (Wildman–Crippen MR) is 86.0 cm³/mol. The van der Waals surface area contributed by atoms with Crippen molar-refractivity contribution in [3.05, 3.63) is 4.88 Å². The van der Waals surface area contributed by atoms with E-state index in [1.165, 1.54) is 0 Å². The number of hydrogen-bond acceptors (Lipinski definition) is 7. The van der Waals surface area contributed by atoms with Crippen molar-refractivity contribution in [1.82, 2.24) is 0 Å². The summed E-state index contributed by atoms with van der Waals surface area (Å²) in [7, 11) is -1.73. The standard InChI is InChI=1S/C13H22N2O4S2/c1-5-7-8-15(3)12-11(21(4,17)18)9(14)10(20-12)13(16)19-6-2/h5-8,14H2,1-4H3. The van der Waals surface area contributed by atoms with E-state index in [2.05, 4.69) is 6.92 Å². The number of esters is 1. The molecule has 0 amide bonds. The van der Waals surface area contributed by atoms with E-state index in [1.807, 2.05) is 4.90 Å². The molecule has 0 radical (unpaired) electrons. The molecule has 0 aliphatic carbocycles. The highest BCUT2D eigenvalue weighted by Gasteiger charge is 2.29. The Morgan fingerprint density at radius 1 is 1.38 bits per heavy atom. The predicted octanol–water partition coefficient (Wildman–Crippen LogP) is 2.15. The van der Waals surface area contributed by atoms with Crippen LogP contribution in [0.15, 0.2) is 4.90 Å². The van der Waals surface area contributed by atoms with Gasteiger partial charge in [0, 0.05) is 19.8 Å². The van der Waals surface area contributed by atoms with Crippen molar-refractivity contribution in [1.29, 1.82) is 0 Å². The van der Waals surface area contributed by atoms with E-state index in [1.54, 1.807) is 14.0 Å². The number of anilines is 2. The molecule has 0 unspecified atom stereocenters. The molecule has 0 saturated heterocycles. The maximum Gasteiger partial charge on any atom is 0.350 e. The van der Waals surface area contributed by atoms with Gasteiger partial charge >= 0.3 is 5.97 Å². The van der Waals surface area contributed by atoms with E-state index in [0.29, 0.717) is 11.5 Å². The van der Waals surface area contributed by atoms with E-state index < -0.39 is 15.8 Å². The molecule has 0 fully saturated rings. The van der Waals surface area contributed by atoms with E-state index >= 15 is 0 Å². The Morgan fingerprint density at radius 3 is 2.48 bits per heavy atom. The lowest BCUT2D eigenvalue weighted by atomic mass is 10.3. The molecule has 1 rings (SSSR count). The Labute approximate surface area is 129 Å². The number of carbonyl (C=O) groups is 1. The van der Waals surface area contributed by atoms with Crippen molar-refractivity contribution in [2.24, 2.45) is 0 Å². The molecule has 0 aliphatic rings. The fourth-order valence-electron chi connectivity index (χ4n) is 1.87. The summed E-state index contributed by atoms with van der Waals surface area (Å²) in [6.45, 7) is 4.65. The van der Waals surface area contributed by atoms with Crippen molar-refractivity contribution in [3.63, 3.8) is 0 Å². The first-order chi connectivity index (χ1) is 9.73. The molecule has 2 N–H and O–H groups in total. The summed E-state index contributed by atoms with van der Waals surface area (Å²) in [6, 6.07) is 0. The minimum absolute atomic E-state index is 0.0145. The smallest absolute Gasteiger partial charge is 0.350 e. The van der Waals surface area contributed by atoms with E-state index in [-0.39, 0.29) is 22.1 Å². The summed E-state index contributed by atoms with van der Waals surface area (Å²) in [5, 5.41) is 0.492. The Kier molecular flexibility index (Phi) is 6.03. The Hall–Kier alpha value is -1.28. The van der Waals surface area contributed by atoms with Crippen LogP contribution in [0.1, 0.15) is 36.4 Å². The average molecular weight is 334 g/mol. The summed E-state index contributed by atoms with van der Waals surface area (Å²) in [5.41, 5.74) is 5.88. The number of nitrogens with zero attached hydrogens (tertiary/aromatic N) is 1. The van der Waals surface area contributed by atoms with Crippen molar-refractivity contribution in [3.8, 4) is 0 Å². The Bertz CT molecular complexity index is 608. The highest BCUT2D eigenvalue weighted by Crippen LogP contribution is 2.41. The summed E-state index contributed by atoms with van der Waals surface area (Å²) in [4.78, 5) is 13.9. The lowest BCUT2D eigenvalue weighted by Crippen LogP contribution is -2.19. The number of unbranched alkanes of at least 4 members (excludes halogenated alkanes) is 1. The van der Waals surface area contributed by atoms with Crippen LogP contribution in [0.25, 0.3) is 0 Å². The van der Waals surface area contributed by atoms with Gasteiger partial charge in [-0.15, -0.1) is 11.3 Å². The zero-order valence-corrected chi connectivity index (χ0v) is 14.4. The van der Waals surface area contributed by atoms with Crippen LogP contribution in [0.3, 0.4) is 0 Å². The fourth-order valence-corrected chi connectivity index (χ4v) is 4.49. The molecule has 1 aromatic rings. The Balaban J connectivity index is 3.35.